The first-order valence-corrected chi connectivity index (χ1v) is 5.49. The van der Waals surface area contributed by atoms with Gasteiger partial charge in [-0.25, -0.2) is 0 Å². The van der Waals surface area contributed by atoms with Gasteiger partial charge in [-0.1, -0.05) is 13.8 Å². The Morgan fingerprint density at radius 3 is 2.12 bits per heavy atom. The van der Waals surface area contributed by atoms with E-state index >= 15 is 0 Å². The van der Waals surface area contributed by atoms with Crippen molar-refractivity contribution in [2.45, 2.75) is 26.7 Å². The molecule has 1 heterocycles. The van der Waals surface area contributed by atoms with Gasteiger partial charge in [0.2, 0.25) is 11.9 Å². The Labute approximate surface area is 96.1 Å². The van der Waals surface area contributed by atoms with Crippen molar-refractivity contribution >= 4 is 17.8 Å². The second kappa shape index (κ2) is 4.23. The third-order valence-corrected chi connectivity index (χ3v) is 3.23. The van der Waals surface area contributed by atoms with Gasteiger partial charge in [0.25, 0.3) is 5.91 Å². The van der Waals surface area contributed by atoms with Crippen LogP contribution in [0.3, 0.4) is 0 Å². The predicted molar refractivity (Wildman–Crippen MR) is 61.9 cm³/mol. The van der Waals surface area contributed by atoms with Gasteiger partial charge in [-0.05, 0) is 12.8 Å². The fourth-order valence-corrected chi connectivity index (χ4v) is 2.03. The highest BCUT2D eigenvalue weighted by Crippen LogP contribution is 2.33. The van der Waals surface area contributed by atoms with E-state index in [2.05, 4.69) is 4.99 Å². The van der Waals surface area contributed by atoms with Crippen molar-refractivity contribution in [2.75, 3.05) is 21.1 Å². The molecule has 0 saturated heterocycles. The van der Waals surface area contributed by atoms with Crippen LogP contribution >= 0.6 is 0 Å². The number of guanidine groups is 1. The van der Waals surface area contributed by atoms with E-state index in [-0.39, 0.29) is 11.8 Å². The topological polar surface area (TPSA) is 53.0 Å². The molecule has 1 aliphatic heterocycles. The first-order chi connectivity index (χ1) is 7.40. The Balaban J connectivity index is 3.25. The maximum absolute atomic E-state index is 12.2. The summed E-state index contributed by atoms with van der Waals surface area (Å²) in [5, 5.41) is 0. The fourth-order valence-electron chi connectivity index (χ4n) is 2.03. The lowest BCUT2D eigenvalue weighted by molar-refractivity contribution is -0.148. The van der Waals surface area contributed by atoms with E-state index in [9.17, 15) is 9.59 Å². The summed E-state index contributed by atoms with van der Waals surface area (Å²) in [5.41, 5.74) is -0.950. The number of hydrogen-bond acceptors (Lipinski definition) is 3. The second-order valence-corrected chi connectivity index (χ2v) is 4.26. The standard InChI is InChI=1S/C11H19N3O2/c1-6-11(7-2)8(15)12-10(13(3)4)14(5)9(11)16/h6-7H2,1-5H3. The first-order valence-electron chi connectivity index (χ1n) is 5.49. The van der Waals surface area contributed by atoms with Gasteiger partial charge in [-0.15, -0.1) is 0 Å². The van der Waals surface area contributed by atoms with E-state index in [4.69, 9.17) is 0 Å². The molecule has 2 amide bonds. The van der Waals surface area contributed by atoms with Crippen LogP contribution in [0.5, 0.6) is 0 Å². The lowest BCUT2D eigenvalue weighted by Gasteiger charge is -2.37. The monoisotopic (exact) mass is 225 g/mol. The fraction of sp³-hybridized carbons (Fsp3) is 0.727. The van der Waals surface area contributed by atoms with Crippen LogP contribution in [-0.2, 0) is 9.59 Å². The van der Waals surface area contributed by atoms with Crippen LogP contribution in [0.25, 0.3) is 0 Å². The SMILES string of the molecule is CCC1(CC)C(=O)N=C(N(C)C)N(C)C1=O. The summed E-state index contributed by atoms with van der Waals surface area (Å²) < 4.78 is 0. The van der Waals surface area contributed by atoms with E-state index in [1.807, 2.05) is 13.8 Å². The molecule has 0 atom stereocenters. The van der Waals surface area contributed by atoms with Crippen molar-refractivity contribution < 1.29 is 9.59 Å². The van der Waals surface area contributed by atoms with Gasteiger partial charge >= 0.3 is 0 Å². The van der Waals surface area contributed by atoms with E-state index in [0.29, 0.717) is 18.8 Å². The molecule has 0 bridgehead atoms. The Morgan fingerprint density at radius 2 is 1.75 bits per heavy atom. The number of nitrogens with zero attached hydrogens (tertiary/aromatic N) is 3. The summed E-state index contributed by atoms with van der Waals surface area (Å²) in [6, 6.07) is 0. The molecule has 1 aliphatic rings. The Hall–Kier alpha value is -1.39. The average molecular weight is 225 g/mol. The maximum Gasteiger partial charge on any atom is 0.264 e. The number of amides is 2. The van der Waals surface area contributed by atoms with Crippen molar-refractivity contribution in [3.8, 4) is 0 Å². The van der Waals surface area contributed by atoms with E-state index < -0.39 is 5.41 Å². The van der Waals surface area contributed by atoms with Crippen molar-refractivity contribution in [1.82, 2.24) is 9.80 Å². The summed E-state index contributed by atoms with van der Waals surface area (Å²) in [4.78, 5) is 31.4. The third-order valence-electron chi connectivity index (χ3n) is 3.23. The summed E-state index contributed by atoms with van der Waals surface area (Å²) in [7, 11) is 5.19. The van der Waals surface area contributed by atoms with Gasteiger partial charge in [0.1, 0.15) is 5.41 Å². The molecule has 0 aromatic rings. The van der Waals surface area contributed by atoms with Crippen LogP contribution in [0.15, 0.2) is 4.99 Å². The van der Waals surface area contributed by atoms with Gasteiger partial charge in [0.15, 0.2) is 0 Å². The molecule has 90 valence electrons. The quantitative estimate of drug-likeness (QED) is 0.650. The molecule has 0 N–H and O–H groups in total. The molecule has 0 aromatic carbocycles. The third kappa shape index (κ3) is 1.60. The molecule has 0 saturated carbocycles. The number of carbonyl (C=O) groups excluding carboxylic acids is 2. The summed E-state index contributed by atoms with van der Waals surface area (Å²) in [5.74, 6) is -0.0574. The minimum atomic E-state index is -0.950. The number of hydrogen-bond donors (Lipinski definition) is 0. The molecule has 0 aromatic heterocycles. The van der Waals surface area contributed by atoms with E-state index in [1.165, 1.54) is 4.90 Å². The van der Waals surface area contributed by atoms with Crippen molar-refractivity contribution in [3.05, 3.63) is 0 Å². The summed E-state index contributed by atoms with van der Waals surface area (Å²) in [6.07, 6.45) is 0.991. The smallest absolute Gasteiger partial charge is 0.264 e. The average Bonchev–Trinajstić information content (AvgIpc) is 2.25. The molecular weight excluding hydrogens is 206 g/mol. The zero-order valence-corrected chi connectivity index (χ0v) is 10.6. The highest BCUT2D eigenvalue weighted by Gasteiger charge is 2.48. The van der Waals surface area contributed by atoms with Crippen LogP contribution in [0.4, 0.5) is 0 Å². The van der Waals surface area contributed by atoms with Crippen molar-refractivity contribution in [3.63, 3.8) is 0 Å². The second-order valence-electron chi connectivity index (χ2n) is 4.26. The zero-order chi connectivity index (χ0) is 12.5. The summed E-state index contributed by atoms with van der Waals surface area (Å²) >= 11 is 0. The van der Waals surface area contributed by atoms with Gasteiger partial charge in [-0.3, -0.25) is 14.5 Å². The Kier molecular flexibility index (Phi) is 3.35. The van der Waals surface area contributed by atoms with E-state index in [1.54, 1.807) is 26.0 Å². The number of aliphatic imine (C=N–C) groups is 1. The highest BCUT2D eigenvalue weighted by atomic mass is 16.2. The van der Waals surface area contributed by atoms with E-state index in [0.717, 1.165) is 0 Å². The Morgan fingerprint density at radius 1 is 1.25 bits per heavy atom. The minimum Gasteiger partial charge on any atom is -0.348 e. The molecule has 0 aliphatic carbocycles. The Bertz CT molecular complexity index is 343. The lowest BCUT2D eigenvalue weighted by Crippen LogP contribution is -2.56. The van der Waals surface area contributed by atoms with Crippen LogP contribution in [0.1, 0.15) is 26.7 Å². The van der Waals surface area contributed by atoms with Gasteiger partial charge in [-0.2, -0.15) is 4.99 Å². The molecule has 0 radical (unpaired) electrons. The molecule has 0 spiro atoms. The van der Waals surface area contributed by atoms with Crippen LogP contribution in [0.2, 0.25) is 0 Å². The van der Waals surface area contributed by atoms with Crippen LogP contribution in [-0.4, -0.2) is 48.7 Å². The van der Waals surface area contributed by atoms with Gasteiger partial charge < -0.3 is 4.90 Å². The maximum atomic E-state index is 12.2. The molecule has 0 fully saturated rings. The molecular formula is C11H19N3O2. The summed E-state index contributed by atoms with van der Waals surface area (Å²) in [6.45, 7) is 3.70. The van der Waals surface area contributed by atoms with Crippen LogP contribution < -0.4 is 0 Å². The minimum absolute atomic E-state index is 0.152. The first kappa shape index (κ1) is 12.7. The van der Waals surface area contributed by atoms with Crippen molar-refractivity contribution in [1.29, 1.82) is 0 Å². The lowest BCUT2D eigenvalue weighted by atomic mass is 9.79. The molecule has 16 heavy (non-hydrogen) atoms. The predicted octanol–water partition coefficient (Wildman–Crippen LogP) is 0.709. The number of carbonyl (C=O) groups is 2. The molecule has 1 rings (SSSR count). The van der Waals surface area contributed by atoms with Crippen LogP contribution in [0, 0.1) is 5.41 Å². The molecule has 0 unspecified atom stereocenters. The number of rotatable bonds is 2. The highest BCUT2D eigenvalue weighted by molar-refractivity contribution is 6.17. The molecule has 5 nitrogen and oxygen atoms in total. The van der Waals surface area contributed by atoms with Gasteiger partial charge in [0.05, 0.1) is 0 Å². The zero-order valence-electron chi connectivity index (χ0n) is 10.6. The van der Waals surface area contributed by atoms with Gasteiger partial charge in [0, 0.05) is 21.1 Å². The molecule has 5 heteroatoms. The normalized spacial score (nSPS) is 19.8. The van der Waals surface area contributed by atoms with Crippen molar-refractivity contribution in [2.24, 2.45) is 10.4 Å². The largest absolute Gasteiger partial charge is 0.348 e.